The molecule has 2 aromatic rings. The first-order valence-corrected chi connectivity index (χ1v) is 7.16. The van der Waals surface area contributed by atoms with Gasteiger partial charge in [0.1, 0.15) is 15.8 Å². The van der Waals surface area contributed by atoms with Gasteiger partial charge in [-0.1, -0.05) is 23.2 Å². The molecule has 0 amide bonds. The highest BCUT2D eigenvalue weighted by molar-refractivity contribution is 7.87. The first-order valence-electron chi connectivity index (χ1n) is 5.00. The van der Waals surface area contributed by atoms with Crippen LogP contribution in [-0.2, 0) is 10.1 Å². The van der Waals surface area contributed by atoms with E-state index in [9.17, 15) is 17.2 Å². The van der Waals surface area contributed by atoms with Crippen LogP contribution in [0.15, 0.2) is 35.4 Å². The van der Waals surface area contributed by atoms with Crippen molar-refractivity contribution in [2.45, 2.75) is 4.90 Å². The van der Waals surface area contributed by atoms with Gasteiger partial charge in [0.25, 0.3) is 0 Å². The van der Waals surface area contributed by atoms with Crippen molar-refractivity contribution in [3.05, 3.63) is 52.3 Å². The summed E-state index contributed by atoms with van der Waals surface area (Å²) in [5.41, 5.74) is 0. The van der Waals surface area contributed by atoms with Crippen LogP contribution >= 0.6 is 23.2 Å². The number of benzene rings is 1. The first kappa shape index (κ1) is 15.0. The number of hydrogen-bond donors (Lipinski definition) is 0. The molecule has 0 fully saturated rings. The molecule has 0 aliphatic heterocycles. The van der Waals surface area contributed by atoms with Gasteiger partial charge in [-0.15, -0.1) is 0 Å². The van der Waals surface area contributed by atoms with Crippen molar-refractivity contribution < 1.29 is 21.4 Å². The Labute approximate surface area is 123 Å². The number of rotatable bonds is 3. The summed E-state index contributed by atoms with van der Waals surface area (Å²) >= 11 is 11.2. The minimum Gasteiger partial charge on any atom is -0.379 e. The van der Waals surface area contributed by atoms with E-state index in [-0.39, 0.29) is 20.8 Å². The quantitative estimate of drug-likeness (QED) is 0.635. The number of hydrogen-bond acceptors (Lipinski definition) is 4. The average molecular weight is 340 g/mol. The summed E-state index contributed by atoms with van der Waals surface area (Å²) in [6.07, 6.45) is 0.934. The van der Waals surface area contributed by atoms with Crippen LogP contribution in [0.4, 0.5) is 8.78 Å². The molecule has 0 atom stereocenters. The van der Waals surface area contributed by atoms with Crippen molar-refractivity contribution in [3.63, 3.8) is 0 Å². The molecule has 0 saturated carbocycles. The zero-order chi connectivity index (χ0) is 14.9. The van der Waals surface area contributed by atoms with E-state index >= 15 is 0 Å². The maximum Gasteiger partial charge on any atom is 0.340 e. The lowest BCUT2D eigenvalue weighted by Crippen LogP contribution is -2.10. The summed E-state index contributed by atoms with van der Waals surface area (Å²) in [6.45, 7) is 0. The van der Waals surface area contributed by atoms with Gasteiger partial charge in [-0.3, -0.25) is 0 Å². The highest BCUT2D eigenvalue weighted by Gasteiger charge is 2.19. The van der Waals surface area contributed by atoms with E-state index < -0.39 is 21.8 Å². The van der Waals surface area contributed by atoms with E-state index in [0.717, 1.165) is 24.4 Å². The molecule has 0 bridgehead atoms. The van der Waals surface area contributed by atoms with Crippen LogP contribution in [0.5, 0.6) is 5.75 Å². The van der Waals surface area contributed by atoms with Gasteiger partial charge in [-0.25, -0.2) is 13.8 Å². The Bertz CT molecular complexity index is 768. The van der Waals surface area contributed by atoms with Crippen LogP contribution in [0.3, 0.4) is 0 Å². The minimum atomic E-state index is -4.28. The van der Waals surface area contributed by atoms with E-state index in [4.69, 9.17) is 23.2 Å². The fourth-order valence-electron chi connectivity index (χ4n) is 1.24. The number of aromatic nitrogens is 1. The van der Waals surface area contributed by atoms with Crippen LogP contribution in [0.1, 0.15) is 0 Å². The van der Waals surface area contributed by atoms with E-state index in [0.29, 0.717) is 6.07 Å². The van der Waals surface area contributed by atoms with Gasteiger partial charge in [0.2, 0.25) is 0 Å². The molecule has 1 aromatic carbocycles. The monoisotopic (exact) mass is 339 g/mol. The van der Waals surface area contributed by atoms with Crippen molar-refractivity contribution in [1.29, 1.82) is 0 Å². The largest absolute Gasteiger partial charge is 0.379 e. The van der Waals surface area contributed by atoms with Crippen molar-refractivity contribution >= 4 is 33.3 Å². The van der Waals surface area contributed by atoms with E-state index in [2.05, 4.69) is 9.17 Å². The molecule has 9 heteroatoms. The van der Waals surface area contributed by atoms with Crippen molar-refractivity contribution in [1.82, 2.24) is 4.98 Å². The molecule has 1 aromatic heterocycles. The average Bonchev–Trinajstić information content (AvgIpc) is 2.37. The van der Waals surface area contributed by atoms with Crippen LogP contribution in [0.25, 0.3) is 0 Å². The third-order valence-corrected chi connectivity index (χ3v) is 4.06. The highest BCUT2D eigenvalue weighted by atomic mass is 35.5. The lowest BCUT2D eigenvalue weighted by molar-refractivity contribution is 0.472. The van der Waals surface area contributed by atoms with Crippen LogP contribution in [0, 0.1) is 11.6 Å². The highest BCUT2D eigenvalue weighted by Crippen LogP contribution is 2.25. The molecule has 0 N–H and O–H groups in total. The van der Waals surface area contributed by atoms with E-state index in [1.54, 1.807) is 0 Å². The Morgan fingerprint density at radius 2 is 1.80 bits per heavy atom. The molecule has 0 aliphatic carbocycles. The van der Waals surface area contributed by atoms with E-state index in [1.807, 2.05) is 0 Å². The van der Waals surface area contributed by atoms with Crippen molar-refractivity contribution in [2.75, 3.05) is 0 Å². The summed E-state index contributed by atoms with van der Waals surface area (Å²) in [7, 11) is -4.28. The molecule has 106 valence electrons. The van der Waals surface area contributed by atoms with E-state index in [1.165, 1.54) is 0 Å². The standard InChI is InChI=1S/C11H5Cl2F2NO3S/c12-8-4-7(5-16-11(8)13)20(17,18)19-6-1-2-9(14)10(15)3-6/h1-5H. The fourth-order valence-corrected chi connectivity index (χ4v) is 2.48. The van der Waals surface area contributed by atoms with Gasteiger partial charge in [0.05, 0.1) is 11.2 Å². The molecule has 20 heavy (non-hydrogen) atoms. The Morgan fingerprint density at radius 3 is 2.40 bits per heavy atom. The van der Waals surface area contributed by atoms with Crippen LogP contribution in [-0.4, -0.2) is 13.4 Å². The third-order valence-electron chi connectivity index (χ3n) is 2.16. The predicted octanol–water partition coefficient (Wildman–Crippen LogP) is 3.43. The van der Waals surface area contributed by atoms with Crippen LogP contribution < -0.4 is 4.18 Å². The molecule has 0 radical (unpaired) electrons. The Hall–Kier alpha value is -1.44. The summed E-state index contributed by atoms with van der Waals surface area (Å²) in [6, 6.07) is 3.36. The zero-order valence-electron chi connectivity index (χ0n) is 9.48. The maximum atomic E-state index is 13.0. The SMILES string of the molecule is O=S(=O)(Oc1ccc(F)c(F)c1)c1cnc(Cl)c(Cl)c1. The number of halogens is 4. The van der Waals surface area contributed by atoms with Gasteiger partial charge < -0.3 is 4.18 Å². The summed E-state index contributed by atoms with van der Waals surface area (Å²) in [5, 5.41) is -0.153. The normalized spacial score (nSPS) is 11.4. The summed E-state index contributed by atoms with van der Waals surface area (Å²) in [5.74, 6) is -2.73. The molecule has 0 saturated heterocycles. The van der Waals surface area contributed by atoms with Crippen molar-refractivity contribution in [2.24, 2.45) is 0 Å². The second kappa shape index (κ2) is 5.51. The van der Waals surface area contributed by atoms with Gasteiger partial charge in [0, 0.05) is 6.07 Å². The van der Waals surface area contributed by atoms with Gasteiger partial charge in [0.15, 0.2) is 11.6 Å². The fraction of sp³-hybridized carbons (Fsp3) is 0. The second-order valence-electron chi connectivity index (χ2n) is 3.56. The molecule has 0 aliphatic rings. The molecular formula is C11H5Cl2F2NO3S. The minimum absolute atomic E-state index is 0.0709. The molecule has 0 spiro atoms. The first-order chi connectivity index (χ1) is 9.29. The van der Waals surface area contributed by atoms with Crippen molar-refractivity contribution in [3.8, 4) is 5.75 Å². The number of nitrogens with zero attached hydrogens (tertiary/aromatic N) is 1. The van der Waals surface area contributed by atoms with Gasteiger partial charge in [-0.2, -0.15) is 8.42 Å². The lowest BCUT2D eigenvalue weighted by atomic mass is 10.3. The molecule has 4 nitrogen and oxygen atoms in total. The Balaban J connectivity index is 2.35. The predicted molar refractivity (Wildman–Crippen MR) is 68.4 cm³/mol. The number of pyridine rings is 1. The molecule has 2 rings (SSSR count). The topological polar surface area (TPSA) is 56.3 Å². The van der Waals surface area contributed by atoms with Gasteiger partial charge in [-0.05, 0) is 18.2 Å². The summed E-state index contributed by atoms with van der Waals surface area (Å²) in [4.78, 5) is 3.19. The zero-order valence-corrected chi connectivity index (χ0v) is 11.8. The third kappa shape index (κ3) is 3.17. The molecule has 1 heterocycles. The van der Waals surface area contributed by atoms with Crippen LogP contribution in [0.2, 0.25) is 10.2 Å². The molecule has 0 unspecified atom stereocenters. The molecular weight excluding hydrogens is 335 g/mol. The maximum absolute atomic E-state index is 13.0. The Kier molecular flexibility index (Phi) is 4.12. The van der Waals surface area contributed by atoms with Gasteiger partial charge >= 0.3 is 10.1 Å². The smallest absolute Gasteiger partial charge is 0.340 e. The Morgan fingerprint density at radius 1 is 1.10 bits per heavy atom. The second-order valence-corrected chi connectivity index (χ2v) is 5.87. The summed E-state index contributed by atoms with van der Waals surface area (Å²) < 4.78 is 54.1. The lowest BCUT2D eigenvalue weighted by Gasteiger charge is -2.07.